The first-order valence-corrected chi connectivity index (χ1v) is 9.12. The quantitative estimate of drug-likeness (QED) is 0.402. The normalized spacial score (nSPS) is 11.0. The van der Waals surface area contributed by atoms with E-state index in [0.29, 0.717) is 17.8 Å². The van der Waals surface area contributed by atoms with Gasteiger partial charge in [0.05, 0.1) is 12.0 Å². The van der Waals surface area contributed by atoms with Crippen molar-refractivity contribution in [1.29, 1.82) is 0 Å². The van der Waals surface area contributed by atoms with E-state index in [9.17, 15) is 13.6 Å². The summed E-state index contributed by atoms with van der Waals surface area (Å²) < 4.78 is 31.0. The average molecular weight is 412 g/mol. The minimum absolute atomic E-state index is 0.110. The standard InChI is InChI=1S/C19H18F2N8O/c20-13-3-1-4-15(16(13)21)29-17(26-27-19(29)22)12-9-14(25-10-12)18(30)24-5-2-7-28-8-6-23-11-28/h1,3-4,6,8-11,25H,2,5,7H2,(H2,22,27)(H,24,30). The Kier molecular flexibility index (Phi) is 5.24. The van der Waals surface area contributed by atoms with Crippen LogP contribution in [0.15, 0.2) is 49.2 Å². The molecule has 9 nitrogen and oxygen atoms in total. The molecule has 11 heteroatoms. The number of aryl methyl sites for hydroxylation is 1. The largest absolute Gasteiger partial charge is 0.368 e. The topological polar surface area (TPSA) is 119 Å². The number of halogens is 2. The number of rotatable bonds is 7. The van der Waals surface area contributed by atoms with Gasteiger partial charge in [0, 0.05) is 37.2 Å². The summed E-state index contributed by atoms with van der Waals surface area (Å²) in [5.41, 5.74) is 6.44. The van der Waals surface area contributed by atoms with E-state index in [4.69, 9.17) is 5.73 Å². The van der Waals surface area contributed by atoms with Crippen LogP contribution < -0.4 is 11.1 Å². The monoisotopic (exact) mass is 412 g/mol. The number of aromatic nitrogens is 6. The molecule has 1 aromatic carbocycles. The fourth-order valence-corrected chi connectivity index (χ4v) is 3.02. The number of amides is 1. The zero-order valence-electron chi connectivity index (χ0n) is 15.7. The minimum Gasteiger partial charge on any atom is -0.368 e. The van der Waals surface area contributed by atoms with Gasteiger partial charge in [-0.15, -0.1) is 10.2 Å². The van der Waals surface area contributed by atoms with E-state index >= 15 is 0 Å². The van der Waals surface area contributed by atoms with Gasteiger partial charge < -0.3 is 20.6 Å². The molecule has 3 heterocycles. The molecule has 0 atom stereocenters. The lowest BCUT2D eigenvalue weighted by Crippen LogP contribution is -2.25. The Morgan fingerprint density at radius 2 is 2.13 bits per heavy atom. The highest BCUT2D eigenvalue weighted by Crippen LogP contribution is 2.27. The number of nitrogens with two attached hydrogens (primary N) is 1. The molecule has 0 saturated heterocycles. The van der Waals surface area contributed by atoms with E-state index in [-0.39, 0.29) is 23.4 Å². The molecule has 0 unspecified atom stereocenters. The molecule has 0 aliphatic heterocycles. The van der Waals surface area contributed by atoms with E-state index in [1.807, 2.05) is 10.8 Å². The van der Waals surface area contributed by atoms with Crippen LogP contribution in [-0.4, -0.2) is 41.8 Å². The van der Waals surface area contributed by atoms with Crippen molar-refractivity contribution in [2.75, 3.05) is 12.3 Å². The van der Waals surface area contributed by atoms with Crippen molar-refractivity contribution in [1.82, 2.24) is 34.6 Å². The number of imidazole rings is 1. The van der Waals surface area contributed by atoms with Gasteiger partial charge in [0.1, 0.15) is 5.69 Å². The molecular weight excluding hydrogens is 394 g/mol. The van der Waals surface area contributed by atoms with Crippen LogP contribution in [0.4, 0.5) is 14.7 Å². The van der Waals surface area contributed by atoms with Crippen LogP contribution in [0.3, 0.4) is 0 Å². The first-order valence-electron chi connectivity index (χ1n) is 9.12. The fourth-order valence-electron chi connectivity index (χ4n) is 3.02. The molecule has 4 rings (SSSR count). The van der Waals surface area contributed by atoms with Gasteiger partial charge in [-0.2, -0.15) is 0 Å². The number of carbonyl (C=O) groups excluding carboxylic acids is 1. The number of anilines is 1. The molecule has 0 radical (unpaired) electrons. The first kappa shape index (κ1) is 19.3. The lowest BCUT2D eigenvalue weighted by molar-refractivity contribution is 0.0948. The van der Waals surface area contributed by atoms with E-state index in [1.54, 1.807) is 18.6 Å². The molecule has 1 amide bonds. The fraction of sp³-hybridized carbons (Fsp3) is 0.158. The minimum atomic E-state index is -1.07. The lowest BCUT2D eigenvalue weighted by atomic mass is 10.2. The van der Waals surface area contributed by atoms with Crippen LogP contribution in [0, 0.1) is 11.6 Å². The van der Waals surface area contributed by atoms with Gasteiger partial charge in [0.25, 0.3) is 5.91 Å². The van der Waals surface area contributed by atoms with E-state index in [0.717, 1.165) is 19.0 Å². The molecule has 30 heavy (non-hydrogen) atoms. The number of hydrogen-bond donors (Lipinski definition) is 3. The molecular formula is C19H18F2N8O. The van der Waals surface area contributed by atoms with Gasteiger partial charge in [0.2, 0.25) is 5.95 Å². The maximum atomic E-state index is 14.3. The maximum Gasteiger partial charge on any atom is 0.267 e. The Bertz CT molecular complexity index is 1170. The molecule has 0 fully saturated rings. The summed E-state index contributed by atoms with van der Waals surface area (Å²) in [6, 6.07) is 5.27. The zero-order valence-corrected chi connectivity index (χ0v) is 15.7. The van der Waals surface area contributed by atoms with Crippen molar-refractivity contribution in [2.45, 2.75) is 13.0 Å². The van der Waals surface area contributed by atoms with Crippen LogP contribution in [-0.2, 0) is 6.54 Å². The van der Waals surface area contributed by atoms with Crippen LogP contribution in [0.2, 0.25) is 0 Å². The first-order chi connectivity index (χ1) is 14.5. The number of carbonyl (C=O) groups is 1. The van der Waals surface area contributed by atoms with Crippen molar-refractivity contribution in [3.8, 4) is 17.1 Å². The summed E-state index contributed by atoms with van der Waals surface area (Å²) in [7, 11) is 0. The molecule has 154 valence electrons. The van der Waals surface area contributed by atoms with Gasteiger partial charge in [-0.1, -0.05) is 6.07 Å². The van der Waals surface area contributed by atoms with Gasteiger partial charge in [-0.3, -0.25) is 9.36 Å². The van der Waals surface area contributed by atoms with Crippen molar-refractivity contribution in [3.63, 3.8) is 0 Å². The number of nitrogens with zero attached hydrogens (tertiary/aromatic N) is 5. The van der Waals surface area contributed by atoms with Crippen LogP contribution in [0.5, 0.6) is 0 Å². The third kappa shape index (κ3) is 3.77. The summed E-state index contributed by atoms with van der Waals surface area (Å²) in [5, 5.41) is 10.5. The SMILES string of the molecule is Nc1nnc(-c2c[nH]c(C(=O)NCCCn3ccnc3)c2)n1-c1cccc(F)c1F. The average Bonchev–Trinajstić information content (AvgIpc) is 3.48. The second-order valence-electron chi connectivity index (χ2n) is 6.50. The summed E-state index contributed by atoms with van der Waals surface area (Å²) in [6.45, 7) is 1.21. The van der Waals surface area contributed by atoms with Crippen molar-refractivity contribution in [2.24, 2.45) is 0 Å². The van der Waals surface area contributed by atoms with Crippen molar-refractivity contribution >= 4 is 11.9 Å². The van der Waals surface area contributed by atoms with Crippen LogP contribution in [0.25, 0.3) is 17.1 Å². The Labute approximate surface area is 169 Å². The highest BCUT2D eigenvalue weighted by Gasteiger charge is 2.20. The molecule has 0 aliphatic rings. The molecule has 0 bridgehead atoms. The number of hydrogen-bond acceptors (Lipinski definition) is 5. The summed E-state index contributed by atoms with van der Waals surface area (Å²) in [6.07, 6.45) is 7.52. The summed E-state index contributed by atoms with van der Waals surface area (Å²) >= 11 is 0. The smallest absolute Gasteiger partial charge is 0.267 e. The van der Waals surface area contributed by atoms with Gasteiger partial charge in [0.15, 0.2) is 17.5 Å². The molecule has 0 spiro atoms. The Balaban J connectivity index is 1.49. The molecule has 4 aromatic rings. The third-order valence-corrected chi connectivity index (χ3v) is 4.48. The number of H-pyrrole nitrogens is 1. The number of nitrogen functional groups attached to an aromatic ring is 1. The van der Waals surface area contributed by atoms with Crippen LogP contribution in [0.1, 0.15) is 16.9 Å². The lowest BCUT2D eigenvalue weighted by Gasteiger charge is -2.08. The Morgan fingerprint density at radius 1 is 1.27 bits per heavy atom. The van der Waals surface area contributed by atoms with Gasteiger partial charge in [-0.25, -0.2) is 13.8 Å². The summed E-state index contributed by atoms with van der Waals surface area (Å²) in [4.78, 5) is 19.2. The Hall–Kier alpha value is -4.02. The van der Waals surface area contributed by atoms with Gasteiger partial charge in [-0.05, 0) is 24.6 Å². The van der Waals surface area contributed by atoms with Crippen molar-refractivity contribution in [3.05, 3.63) is 66.5 Å². The molecule has 0 aliphatic carbocycles. The predicted molar refractivity (Wildman–Crippen MR) is 105 cm³/mol. The van der Waals surface area contributed by atoms with E-state index in [2.05, 4.69) is 25.5 Å². The van der Waals surface area contributed by atoms with Crippen LogP contribution >= 0.6 is 0 Å². The zero-order chi connectivity index (χ0) is 21.1. The maximum absolute atomic E-state index is 14.3. The third-order valence-electron chi connectivity index (χ3n) is 4.48. The number of benzene rings is 1. The van der Waals surface area contributed by atoms with E-state index in [1.165, 1.54) is 22.9 Å². The summed E-state index contributed by atoms with van der Waals surface area (Å²) in [5.74, 6) is -2.33. The molecule has 3 aromatic heterocycles. The highest BCUT2D eigenvalue weighted by molar-refractivity contribution is 5.93. The van der Waals surface area contributed by atoms with Crippen molar-refractivity contribution < 1.29 is 13.6 Å². The molecule has 4 N–H and O–H groups in total. The van der Waals surface area contributed by atoms with E-state index < -0.39 is 11.6 Å². The highest BCUT2D eigenvalue weighted by atomic mass is 19.2. The van der Waals surface area contributed by atoms with Gasteiger partial charge >= 0.3 is 0 Å². The second-order valence-corrected chi connectivity index (χ2v) is 6.50. The molecule has 0 saturated carbocycles. The number of aromatic amines is 1. The second kappa shape index (κ2) is 8.15. The number of nitrogens with one attached hydrogen (secondary N) is 2. The Morgan fingerprint density at radius 3 is 2.93 bits per heavy atom. The predicted octanol–water partition coefficient (Wildman–Crippen LogP) is 2.14.